The van der Waals surface area contributed by atoms with Crippen LogP contribution in [0.5, 0.6) is 5.75 Å². The number of methoxy groups -OCH3 is 1. The molecular formula is C15H19ClN2OS. The maximum absolute atomic E-state index is 5.99. The second-order valence-electron chi connectivity index (χ2n) is 4.59. The average molecular weight is 311 g/mol. The lowest BCUT2D eigenvalue weighted by molar-refractivity contribution is 0.416. The molecule has 2 aromatic rings. The van der Waals surface area contributed by atoms with Gasteiger partial charge in [-0.3, -0.25) is 0 Å². The van der Waals surface area contributed by atoms with Crippen LogP contribution in [-0.2, 0) is 0 Å². The van der Waals surface area contributed by atoms with E-state index in [1.165, 1.54) is 4.88 Å². The molecule has 0 saturated carbocycles. The van der Waals surface area contributed by atoms with Crippen LogP contribution in [0.25, 0.3) is 10.6 Å². The minimum atomic E-state index is 0.319. The van der Waals surface area contributed by atoms with E-state index in [0.717, 1.165) is 29.3 Å². The van der Waals surface area contributed by atoms with E-state index in [1.807, 2.05) is 24.4 Å². The number of hydrogen-bond acceptors (Lipinski definition) is 4. The van der Waals surface area contributed by atoms with Gasteiger partial charge in [-0.15, -0.1) is 11.3 Å². The van der Waals surface area contributed by atoms with Crippen LogP contribution in [0.4, 0.5) is 0 Å². The fourth-order valence-corrected chi connectivity index (χ4v) is 3.05. The molecule has 0 aliphatic carbocycles. The van der Waals surface area contributed by atoms with Crippen molar-refractivity contribution < 1.29 is 4.74 Å². The van der Waals surface area contributed by atoms with Crippen LogP contribution in [0.2, 0.25) is 5.02 Å². The third-order valence-corrected chi connectivity index (χ3v) is 4.49. The smallest absolute Gasteiger partial charge is 0.130 e. The molecule has 0 aliphatic rings. The van der Waals surface area contributed by atoms with Crippen molar-refractivity contribution in [3.63, 3.8) is 0 Å². The first-order valence-corrected chi connectivity index (χ1v) is 7.88. The SMILES string of the molecule is CCCNC(C)c1cnc(-c2ccc(Cl)cc2OC)s1. The van der Waals surface area contributed by atoms with Crippen molar-refractivity contribution in [1.29, 1.82) is 0 Å². The van der Waals surface area contributed by atoms with E-state index in [2.05, 4.69) is 24.1 Å². The molecule has 2 rings (SSSR count). The highest BCUT2D eigenvalue weighted by atomic mass is 35.5. The molecule has 0 spiro atoms. The quantitative estimate of drug-likeness (QED) is 0.851. The zero-order valence-corrected chi connectivity index (χ0v) is 13.5. The predicted molar refractivity (Wildman–Crippen MR) is 85.8 cm³/mol. The van der Waals surface area contributed by atoms with E-state index in [9.17, 15) is 0 Å². The zero-order chi connectivity index (χ0) is 14.5. The highest BCUT2D eigenvalue weighted by Gasteiger charge is 2.13. The lowest BCUT2D eigenvalue weighted by Gasteiger charge is -2.10. The minimum Gasteiger partial charge on any atom is -0.496 e. The maximum atomic E-state index is 5.99. The fraction of sp³-hybridized carbons (Fsp3) is 0.400. The normalized spacial score (nSPS) is 12.4. The number of halogens is 1. The fourth-order valence-electron chi connectivity index (χ4n) is 1.91. The van der Waals surface area contributed by atoms with Gasteiger partial charge in [0.15, 0.2) is 0 Å². The lowest BCUT2D eigenvalue weighted by atomic mass is 10.2. The summed E-state index contributed by atoms with van der Waals surface area (Å²) < 4.78 is 5.38. The van der Waals surface area contributed by atoms with Gasteiger partial charge in [0.2, 0.25) is 0 Å². The highest BCUT2D eigenvalue weighted by molar-refractivity contribution is 7.15. The summed E-state index contributed by atoms with van der Waals surface area (Å²) in [6, 6.07) is 5.95. The van der Waals surface area contributed by atoms with Gasteiger partial charge in [0.25, 0.3) is 0 Å². The van der Waals surface area contributed by atoms with E-state index in [1.54, 1.807) is 18.4 Å². The molecule has 1 unspecified atom stereocenters. The van der Waals surface area contributed by atoms with Crippen molar-refractivity contribution in [2.75, 3.05) is 13.7 Å². The molecule has 1 aromatic carbocycles. The Morgan fingerprint density at radius 1 is 1.45 bits per heavy atom. The van der Waals surface area contributed by atoms with Gasteiger partial charge >= 0.3 is 0 Å². The zero-order valence-electron chi connectivity index (χ0n) is 11.9. The van der Waals surface area contributed by atoms with Crippen molar-refractivity contribution >= 4 is 22.9 Å². The van der Waals surface area contributed by atoms with E-state index in [-0.39, 0.29) is 0 Å². The molecule has 0 saturated heterocycles. The topological polar surface area (TPSA) is 34.2 Å². The first kappa shape index (κ1) is 15.3. The van der Waals surface area contributed by atoms with Gasteiger partial charge in [-0.05, 0) is 38.1 Å². The summed E-state index contributed by atoms with van der Waals surface area (Å²) in [5.41, 5.74) is 0.982. The molecular weight excluding hydrogens is 292 g/mol. The molecule has 0 bridgehead atoms. The maximum Gasteiger partial charge on any atom is 0.130 e. The number of thiazole rings is 1. The van der Waals surface area contributed by atoms with Crippen LogP contribution in [0, 0.1) is 0 Å². The van der Waals surface area contributed by atoms with Crippen LogP contribution in [0.15, 0.2) is 24.4 Å². The van der Waals surface area contributed by atoms with Gasteiger partial charge in [-0.2, -0.15) is 0 Å². The molecule has 1 N–H and O–H groups in total. The van der Waals surface area contributed by atoms with Crippen LogP contribution in [-0.4, -0.2) is 18.6 Å². The van der Waals surface area contributed by atoms with E-state index >= 15 is 0 Å². The predicted octanol–water partition coefficient (Wildman–Crippen LogP) is 4.53. The summed E-state index contributed by atoms with van der Waals surface area (Å²) >= 11 is 7.67. The summed E-state index contributed by atoms with van der Waals surface area (Å²) in [5.74, 6) is 0.757. The van der Waals surface area contributed by atoms with Gasteiger partial charge in [0, 0.05) is 22.1 Å². The first-order chi connectivity index (χ1) is 9.65. The summed E-state index contributed by atoms with van der Waals surface area (Å²) in [7, 11) is 1.65. The van der Waals surface area contributed by atoms with E-state index < -0.39 is 0 Å². The molecule has 20 heavy (non-hydrogen) atoms. The Bertz CT molecular complexity index is 571. The van der Waals surface area contributed by atoms with Gasteiger partial charge in [-0.1, -0.05) is 18.5 Å². The number of nitrogens with one attached hydrogen (secondary N) is 1. The van der Waals surface area contributed by atoms with Crippen molar-refractivity contribution in [2.24, 2.45) is 0 Å². The molecule has 0 amide bonds. The number of hydrogen-bond donors (Lipinski definition) is 1. The van der Waals surface area contributed by atoms with Crippen molar-refractivity contribution in [1.82, 2.24) is 10.3 Å². The number of benzene rings is 1. The second-order valence-corrected chi connectivity index (χ2v) is 6.09. The lowest BCUT2D eigenvalue weighted by Crippen LogP contribution is -2.18. The molecule has 3 nitrogen and oxygen atoms in total. The van der Waals surface area contributed by atoms with Crippen LogP contribution >= 0.6 is 22.9 Å². The molecule has 1 atom stereocenters. The first-order valence-electron chi connectivity index (χ1n) is 6.68. The third-order valence-electron chi connectivity index (χ3n) is 3.04. The monoisotopic (exact) mass is 310 g/mol. The summed E-state index contributed by atoms with van der Waals surface area (Å²) in [6.45, 7) is 5.33. The molecule has 0 aliphatic heterocycles. The van der Waals surface area contributed by atoms with Gasteiger partial charge < -0.3 is 10.1 Å². The molecule has 1 aromatic heterocycles. The Morgan fingerprint density at radius 3 is 2.95 bits per heavy atom. The highest BCUT2D eigenvalue weighted by Crippen LogP contribution is 2.36. The average Bonchev–Trinajstić information content (AvgIpc) is 2.94. The Balaban J connectivity index is 2.24. The number of rotatable bonds is 6. The summed E-state index contributed by atoms with van der Waals surface area (Å²) in [4.78, 5) is 5.74. The Labute approximate surface area is 129 Å². The second kappa shape index (κ2) is 7.07. The number of aromatic nitrogens is 1. The Kier molecular flexibility index (Phi) is 5.40. The minimum absolute atomic E-state index is 0.319. The number of nitrogens with zero attached hydrogens (tertiary/aromatic N) is 1. The van der Waals surface area contributed by atoms with Crippen LogP contribution in [0.3, 0.4) is 0 Å². The molecule has 108 valence electrons. The van der Waals surface area contributed by atoms with Crippen LogP contribution < -0.4 is 10.1 Å². The van der Waals surface area contributed by atoms with E-state index in [0.29, 0.717) is 11.1 Å². The van der Waals surface area contributed by atoms with E-state index in [4.69, 9.17) is 16.3 Å². The van der Waals surface area contributed by atoms with Gasteiger partial charge in [0.05, 0.1) is 12.7 Å². The Hall–Kier alpha value is -1.10. The standard InChI is InChI=1S/C15H19ClN2OS/c1-4-7-17-10(2)14-9-18-15(20-14)12-6-5-11(16)8-13(12)19-3/h5-6,8-10,17H,4,7H2,1-3H3. The van der Waals surface area contributed by atoms with Crippen molar-refractivity contribution in [3.05, 3.63) is 34.3 Å². The number of ether oxygens (including phenoxy) is 1. The van der Waals surface area contributed by atoms with Crippen molar-refractivity contribution in [3.8, 4) is 16.3 Å². The van der Waals surface area contributed by atoms with Gasteiger partial charge in [-0.25, -0.2) is 4.98 Å². The molecule has 1 heterocycles. The third kappa shape index (κ3) is 3.51. The Morgan fingerprint density at radius 2 is 2.25 bits per heavy atom. The molecule has 5 heteroatoms. The van der Waals surface area contributed by atoms with Crippen LogP contribution in [0.1, 0.15) is 31.2 Å². The van der Waals surface area contributed by atoms with Gasteiger partial charge in [0.1, 0.15) is 10.8 Å². The molecule has 0 radical (unpaired) electrons. The molecule has 0 fully saturated rings. The van der Waals surface area contributed by atoms with Crippen molar-refractivity contribution in [2.45, 2.75) is 26.3 Å². The largest absolute Gasteiger partial charge is 0.496 e. The summed E-state index contributed by atoms with van der Waals surface area (Å²) in [6.07, 6.45) is 3.06. The summed E-state index contributed by atoms with van der Waals surface area (Å²) in [5, 5.41) is 5.09.